The second kappa shape index (κ2) is 7.88. The Morgan fingerprint density at radius 3 is 3.05 bits per heavy atom. The molecule has 1 heterocycles. The van der Waals surface area contributed by atoms with Gasteiger partial charge in [-0.3, -0.25) is 4.90 Å². The quantitative estimate of drug-likeness (QED) is 0.867. The van der Waals surface area contributed by atoms with E-state index in [-0.39, 0.29) is 0 Å². The summed E-state index contributed by atoms with van der Waals surface area (Å²) in [6.45, 7) is 7.22. The summed E-state index contributed by atoms with van der Waals surface area (Å²) in [6, 6.07) is 8.25. The van der Waals surface area contributed by atoms with Crippen LogP contribution in [0.15, 0.2) is 28.7 Å². The van der Waals surface area contributed by atoms with Gasteiger partial charge in [0, 0.05) is 36.4 Å². The number of para-hydroxylation sites is 1. The predicted molar refractivity (Wildman–Crippen MR) is 83.7 cm³/mol. The van der Waals surface area contributed by atoms with E-state index in [1.54, 1.807) is 0 Å². The van der Waals surface area contributed by atoms with Gasteiger partial charge >= 0.3 is 0 Å². The number of halogens is 1. The maximum absolute atomic E-state index is 5.73. The first-order valence-corrected chi connectivity index (χ1v) is 7.91. The SMILES string of the molecule is CCOC1CCCN(CCNc2ccccc2Br)C1. The summed E-state index contributed by atoms with van der Waals surface area (Å²) < 4.78 is 6.85. The standard InChI is InChI=1S/C15H23BrN2O/c1-2-19-13-6-5-10-18(12-13)11-9-17-15-8-4-3-7-14(15)16/h3-4,7-8,13,17H,2,5-6,9-12H2,1H3. The van der Waals surface area contributed by atoms with E-state index in [2.05, 4.69) is 51.3 Å². The van der Waals surface area contributed by atoms with Crippen molar-refractivity contribution in [2.75, 3.05) is 38.1 Å². The highest BCUT2D eigenvalue weighted by atomic mass is 79.9. The normalized spacial score (nSPS) is 20.4. The fraction of sp³-hybridized carbons (Fsp3) is 0.600. The Balaban J connectivity index is 1.72. The van der Waals surface area contributed by atoms with Crippen molar-refractivity contribution in [3.05, 3.63) is 28.7 Å². The summed E-state index contributed by atoms with van der Waals surface area (Å²) in [6.07, 6.45) is 2.89. The fourth-order valence-electron chi connectivity index (χ4n) is 2.54. The highest BCUT2D eigenvalue weighted by Gasteiger charge is 2.19. The average molecular weight is 327 g/mol. The molecule has 1 saturated heterocycles. The highest BCUT2D eigenvalue weighted by molar-refractivity contribution is 9.10. The molecule has 1 aliphatic rings. The van der Waals surface area contributed by atoms with Crippen LogP contribution in [0.1, 0.15) is 19.8 Å². The lowest BCUT2D eigenvalue weighted by Gasteiger charge is -2.32. The Labute approximate surface area is 124 Å². The smallest absolute Gasteiger partial charge is 0.0702 e. The monoisotopic (exact) mass is 326 g/mol. The predicted octanol–water partition coefficient (Wildman–Crippen LogP) is 3.36. The maximum atomic E-state index is 5.73. The van der Waals surface area contributed by atoms with Crippen LogP contribution in [0.5, 0.6) is 0 Å². The third kappa shape index (κ3) is 4.79. The summed E-state index contributed by atoms with van der Waals surface area (Å²) >= 11 is 3.56. The van der Waals surface area contributed by atoms with Crippen LogP contribution in [0.4, 0.5) is 5.69 Å². The van der Waals surface area contributed by atoms with Crippen LogP contribution in [0.3, 0.4) is 0 Å². The molecule has 1 aliphatic heterocycles. The van der Waals surface area contributed by atoms with Gasteiger partial charge in [0.1, 0.15) is 0 Å². The summed E-state index contributed by atoms with van der Waals surface area (Å²) in [4.78, 5) is 2.49. The Morgan fingerprint density at radius 1 is 1.42 bits per heavy atom. The molecule has 3 nitrogen and oxygen atoms in total. The van der Waals surface area contributed by atoms with Crippen molar-refractivity contribution in [2.45, 2.75) is 25.9 Å². The van der Waals surface area contributed by atoms with E-state index in [4.69, 9.17) is 4.74 Å². The zero-order valence-electron chi connectivity index (χ0n) is 11.6. The van der Waals surface area contributed by atoms with E-state index in [1.165, 1.54) is 25.1 Å². The molecule has 0 amide bonds. The molecule has 2 rings (SSSR count). The first kappa shape index (κ1) is 14.8. The van der Waals surface area contributed by atoms with Gasteiger partial charge in [0.2, 0.25) is 0 Å². The van der Waals surface area contributed by atoms with Crippen LogP contribution < -0.4 is 5.32 Å². The average Bonchev–Trinajstić information content (AvgIpc) is 2.42. The minimum Gasteiger partial charge on any atom is -0.383 e. The summed E-state index contributed by atoms with van der Waals surface area (Å²) in [7, 11) is 0. The zero-order chi connectivity index (χ0) is 13.5. The number of rotatable bonds is 6. The van der Waals surface area contributed by atoms with Gasteiger partial charge in [0.05, 0.1) is 6.10 Å². The number of hydrogen-bond acceptors (Lipinski definition) is 3. The van der Waals surface area contributed by atoms with Crippen LogP contribution in [0, 0.1) is 0 Å². The van der Waals surface area contributed by atoms with Crippen molar-refractivity contribution in [3.8, 4) is 0 Å². The first-order chi connectivity index (χ1) is 9.29. The van der Waals surface area contributed by atoms with Gasteiger partial charge in [-0.2, -0.15) is 0 Å². The molecule has 1 fully saturated rings. The number of piperidine rings is 1. The fourth-order valence-corrected chi connectivity index (χ4v) is 2.97. The van der Waals surface area contributed by atoms with Crippen LogP contribution >= 0.6 is 15.9 Å². The lowest BCUT2D eigenvalue weighted by molar-refractivity contribution is 0.00716. The molecule has 1 atom stereocenters. The molecule has 1 aromatic carbocycles. The number of likely N-dealkylation sites (tertiary alicyclic amines) is 1. The van der Waals surface area contributed by atoms with E-state index in [9.17, 15) is 0 Å². The molecule has 19 heavy (non-hydrogen) atoms. The number of hydrogen-bond donors (Lipinski definition) is 1. The number of anilines is 1. The minimum absolute atomic E-state index is 0.433. The lowest BCUT2D eigenvalue weighted by Crippen LogP contribution is -2.41. The summed E-state index contributed by atoms with van der Waals surface area (Å²) in [5.41, 5.74) is 1.17. The minimum atomic E-state index is 0.433. The van der Waals surface area contributed by atoms with E-state index >= 15 is 0 Å². The Morgan fingerprint density at radius 2 is 2.26 bits per heavy atom. The lowest BCUT2D eigenvalue weighted by atomic mass is 10.1. The van der Waals surface area contributed by atoms with Crippen molar-refractivity contribution in [1.82, 2.24) is 4.90 Å². The van der Waals surface area contributed by atoms with E-state index in [1.807, 2.05) is 6.07 Å². The molecule has 0 aromatic heterocycles. The van der Waals surface area contributed by atoms with Crippen molar-refractivity contribution in [3.63, 3.8) is 0 Å². The molecule has 4 heteroatoms. The Bertz CT molecular complexity index is 384. The van der Waals surface area contributed by atoms with Crippen molar-refractivity contribution in [1.29, 1.82) is 0 Å². The molecular weight excluding hydrogens is 304 g/mol. The summed E-state index contributed by atoms with van der Waals surface area (Å²) in [5.74, 6) is 0. The van der Waals surface area contributed by atoms with E-state index in [0.29, 0.717) is 6.10 Å². The third-order valence-electron chi connectivity index (χ3n) is 3.48. The van der Waals surface area contributed by atoms with Gasteiger partial charge in [-0.15, -0.1) is 0 Å². The second-order valence-electron chi connectivity index (χ2n) is 4.93. The molecule has 1 aromatic rings. The molecule has 0 saturated carbocycles. The second-order valence-corrected chi connectivity index (χ2v) is 5.78. The van der Waals surface area contributed by atoms with Crippen LogP contribution in [-0.2, 0) is 4.74 Å². The molecular formula is C15H23BrN2O. The number of nitrogens with one attached hydrogen (secondary N) is 1. The molecule has 106 valence electrons. The van der Waals surface area contributed by atoms with Gasteiger partial charge < -0.3 is 10.1 Å². The third-order valence-corrected chi connectivity index (χ3v) is 4.17. The topological polar surface area (TPSA) is 24.5 Å². The Kier molecular flexibility index (Phi) is 6.14. The van der Waals surface area contributed by atoms with Gasteiger partial charge in [-0.1, -0.05) is 12.1 Å². The molecule has 0 spiro atoms. The van der Waals surface area contributed by atoms with Crippen LogP contribution in [0.25, 0.3) is 0 Å². The van der Waals surface area contributed by atoms with Gasteiger partial charge in [0.15, 0.2) is 0 Å². The van der Waals surface area contributed by atoms with Gasteiger partial charge in [-0.25, -0.2) is 0 Å². The van der Waals surface area contributed by atoms with Gasteiger partial charge in [0.25, 0.3) is 0 Å². The number of benzene rings is 1. The first-order valence-electron chi connectivity index (χ1n) is 7.12. The molecule has 1 unspecified atom stereocenters. The largest absolute Gasteiger partial charge is 0.383 e. The van der Waals surface area contributed by atoms with Crippen LogP contribution in [-0.4, -0.2) is 43.8 Å². The zero-order valence-corrected chi connectivity index (χ0v) is 13.2. The van der Waals surface area contributed by atoms with Crippen molar-refractivity contribution < 1.29 is 4.74 Å². The number of ether oxygens (including phenoxy) is 1. The van der Waals surface area contributed by atoms with Crippen LogP contribution in [0.2, 0.25) is 0 Å². The van der Waals surface area contributed by atoms with Gasteiger partial charge in [-0.05, 0) is 54.4 Å². The molecule has 1 N–H and O–H groups in total. The van der Waals surface area contributed by atoms with Crippen molar-refractivity contribution in [2.24, 2.45) is 0 Å². The summed E-state index contributed by atoms with van der Waals surface area (Å²) in [5, 5.41) is 3.48. The molecule has 0 radical (unpaired) electrons. The maximum Gasteiger partial charge on any atom is 0.0702 e. The molecule has 0 bridgehead atoms. The van der Waals surface area contributed by atoms with E-state index < -0.39 is 0 Å². The van der Waals surface area contributed by atoms with Crippen molar-refractivity contribution >= 4 is 21.6 Å². The Hall–Kier alpha value is -0.580. The highest BCUT2D eigenvalue weighted by Crippen LogP contribution is 2.21. The number of nitrogens with zero attached hydrogens (tertiary/aromatic N) is 1. The molecule has 0 aliphatic carbocycles. The van der Waals surface area contributed by atoms with E-state index in [0.717, 1.165) is 30.7 Å².